The van der Waals surface area contributed by atoms with Crippen LogP contribution >= 0.6 is 0 Å². The van der Waals surface area contributed by atoms with Gasteiger partial charge in [0.25, 0.3) is 0 Å². The Hall–Kier alpha value is 1.36. The molecule has 0 rings (SSSR count). The van der Waals surface area contributed by atoms with E-state index < -0.39 is 8.80 Å². The van der Waals surface area contributed by atoms with Crippen molar-refractivity contribution >= 4 is 46.5 Å². The molecular formula is C7H20CaO3Si. The molecule has 0 atom stereocenters. The van der Waals surface area contributed by atoms with E-state index in [0.29, 0.717) is 19.8 Å². The summed E-state index contributed by atoms with van der Waals surface area (Å²) in [6.45, 7) is 9.73. The normalized spacial score (nSPS) is 11.0. The van der Waals surface area contributed by atoms with Gasteiger partial charge in [0.05, 0.1) is 0 Å². The van der Waals surface area contributed by atoms with Crippen molar-refractivity contribution in [3.63, 3.8) is 0 Å². The fraction of sp³-hybridized carbons (Fsp3) is 1.00. The first-order valence-corrected chi connectivity index (χ1v) is 6.32. The minimum absolute atomic E-state index is 0. The van der Waals surface area contributed by atoms with Gasteiger partial charge in [0.1, 0.15) is 0 Å². The molecule has 0 radical (unpaired) electrons. The first-order valence-electron chi connectivity index (χ1n) is 4.10. The standard InChI is InChI=1S/C7H18O3Si.Ca.2H/c1-5-8-11(4,9-6-2)10-7-3;;;/h5-7H2,1-4H3;;;. The maximum absolute atomic E-state index is 5.40. The van der Waals surface area contributed by atoms with E-state index in [2.05, 4.69) is 0 Å². The summed E-state index contributed by atoms with van der Waals surface area (Å²) < 4.78 is 16.2. The van der Waals surface area contributed by atoms with E-state index in [1.807, 2.05) is 27.3 Å². The minimum atomic E-state index is -2.25. The van der Waals surface area contributed by atoms with Crippen LogP contribution in [0.2, 0.25) is 6.55 Å². The first kappa shape index (κ1) is 15.8. The Morgan fingerprint density at radius 3 is 1.25 bits per heavy atom. The van der Waals surface area contributed by atoms with Gasteiger partial charge in [0, 0.05) is 26.4 Å². The Kier molecular flexibility index (Phi) is 11.8. The molecule has 0 aromatic heterocycles. The van der Waals surface area contributed by atoms with Gasteiger partial charge in [-0.15, -0.1) is 0 Å². The van der Waals surface area contributed by atoms with Gasteiger partial charge in [-0.2, -0.15) is 0 Å². The van der Waals surface area contributed by atoms with Gasteiger partial charge in [0.15, 0.2) is 0 Å². The van der Waals surface area contributed by atoms with Crippen LogP contribution in [0.3, 0.4) is 0 Å². The average molecular weight is 220 g/mol. The summed E-state index contributed by atoms with van der Waals surface area (Å²) in [4.78, 5) is 0. The number of rotatable bonds is 6. The van der Waals surface area contributed by atoms with Crippen LogP contribution in [0.4, 0.5) is 0 Å². The van der Waals surface area contributed by atoms with E-state index in [4.69, 9.17) is 13.3 Å². The Morgan fingerprint density at radius 2 is 1.08 bits per heavy atom. The molecule has 0 bridgehead atoms. The first-order chi connectivity index (χ1) is 5.18. The van der Waals surface area contributed by atoms with Gasteiger partial charge in [-0.05, 0) is 20.8 Å². The van der Waals surface area contributed by atoms with Gasteiger partial charge < -0.3 is 13.3 Å². The summed E-state index contributed by atoms with van der Waals surface area (Å²) in [6.07, 6.45) is 0. The zero-order chi connectivity index (χ0) is 8.74. The zero-order valence-corrected chi connectivity index (χ0v) is 8.85. The molecule has 0 saturated heterocycles. The summed E-state index contributed by atoms with van der Waals surface area (Å²) >= 11 is 0. The third kappa shape index (κ3) is 6.83. The quantitative estimate of drug-likeness (QED) is 0.618. The van der Waals surface area contributed by atoms with Crippen molar-refractivity contribution in [1.29, 1.82) is 0 Å². The van der Waals surface area contributed by atoms with Crippen molar-refractivity contribution in [2.45, 2.75) is 27.3 Å². The molecule has 0 amide bonds. The molecular weight excluding hydrogens is 200 g/mol. The number of hydrogen-bond donors (Lipinski definition) is 0. The van der Waals surface area contributed by atoms with Crippen molar-refractivity contribution < 1.29 is 13.3 Å². The summed E-state index contributed by atoms with van der Waals surface area (Å²) in [6, 6.07) is 0. The number of hydrogen-bond acceptors (Lipinski definition) is 3. The second-order valence-corrected chi connectivity index (χ2v) is 4.75. The predicted molar refractivity (Wildman–Crippen MR) is 55.0 cm³/mol. The van der Waals surface area contributed by atoms with E-state index in [9.17, 15) is 0 Å². The van der Waals surface area contributed by atoms with Crippen molar-refractivity contribution in [2.24, 2.45) is 0 Å². The van der Waals surface area contributed by atoms with Crippen LogP contribution in [-0.4, -0.2) is 66.4 Å². The molecule has 0 saturated carbocycles. The van der Waals surface area contributed by atoms with Gasteiger partial charge >= 0.3 is 46.5 Å². The van der Waals surface area contributed by atoms with Crippen LogP contribution in [0.25, 0.3) is 0 Å². The van der Waals surface area contributed by atoms with Crippen LogP contribution in [0.15, 0.2) is 0 Å². The molecule has 0 unspecified atom stereocenters. The molecule has 0 heterocycles. The van der Waals surface area contributed by atoms with E-state index >= 15 is 0 Å². The Morgan fingerprint density at radius 1 is 0.833 bits per heavy atom. The molecule has 0 aromatic rings. The Balaban J connectivity index is 0. The summed E-state index contributed by atoms with van der Waals surface area (Å²) in [7, 11) is -2.25. The van der Waals surface area contributed by atoms with Gasteiger partial charge in [-0.1, -0.05) is 0 Å². The van der Waals surface area contributed by atoms with Crippen LogP contribution in [-0.2, 0) is 13.3 Å². The van der Waals surface area contributed by atoms with Crippen molar-refractivity contribution in [3.05, 3.63) is 0 Å². The second-order valence-electron chi connectivity index (χ2n) is 2.16. The van der Waals surface area contributed by atoms with Gasteiger partial charge in [-0.3, -0.25) is 0 Å². The molecule has 12 heavy (non-hydrogen) atoms. The molecule has 0 aliphatic heterocycles. The van der Waals surface area contributed by atoms with Crippen molar-refractivity contribution in [3.8, 4) is 0 Å². The molecule has 0 spiro atoms. The van der Waals surface area contributed by atoms with Crippen molar-refractivity contribution in [1.82, 2.24) is 0 Å². The molecule has 72 valence electrons. The monoisotopic (exact) mass is 220 g/mol. The topological polar surface area (TPSA) is 27.7 Å². The van der Waals surface area contributed by atoms with Crippen LogP contribution in [0, 0.1) is 0 Å². The van der Waals surface area contributed by atoms with E-state index in [0.717, 1.165) is 0 Å². The van der Waals surface area contributed by atoms with Gasteiger partial charge in [-0.25, -0.2) is 0 Å². The Bertz CT molecular complexity index is 85.6. The fourth-order valence-corrected chi connectivity index (χ4v) is 2.73. The van der Waals surface area contributed by atoms with Crippen LogP contribution in [0.5, 0.6) is 0 Å². The summed E-state index contributed by atoms with van der Waals surface area (Å²) in [5.41, 5.74) is 0. The van der Waals surface area contributed by atoms with E-state index in [1.165, 1.54) is 0 Å². The SMILES string of the molecule is CCO[Si](C)(OCC)OCC.[CaH2]. The fourth-order valence-electron chi connectivity index (χ4n) is 0.912. The zero-order valence-electron chi connectivity index (χ0n) is 7.85. The van der Waals surface area contributed by atoms with Gasteiger partial charge in [0.2, 0.25) is 0 Å². The third-order valence-corrected chi connectivity index (χ3v) is 3.66. The molecule has 0 aliphatic carbocycles. The molecule has 3 nitrogen and oxygen atoms in total. The molecule has 0 aliphatic rings. The molecule has 0 aromatic carbocycles. The second kappa shape index (κ2) is 8.93. The summed E-state index contributed by atoms with van der Waals surface area (Å²) in [5.74, 6) is 0. The van der Waals surface area contributed by atoms with E-state index in [1.54, 1.807) is 0 Å². The molecule has 0 fully saturated rings. The Labute approximate surface area is 106 Å². The third-order valence-electron chi connectivity index (χ3n) is 1.22. The predicted octanol–water partition coefficient (Wildman–Crippen LogP) is 0.748. The molecule has 0 N–H and O–H groups in total. The molecule has 5 heteroatoms. The van der Waals surface area contributed by atoms with Crippen LogP contribution < -0.4 is 0 Å². The maximum atomic E-state index is 5.40. The van der Waals surface area contributed by atoms with Crippen molar-refractivity contribution in [2.75, 3.05) is 19.8 Å². The average Bonchev–Trinajstić information content (AvgIpc) is 1.88. The van der Waals surface area contributed by atoms with Crippen LogP contribution in [0.1, 0.15) is 20.8 Å². The summed E-state index contributed by atoms with van der Waals surface area (Å²) in [5, 5.41) is 0. The van der Waals surface area contributed by atoms with E-state index in [-0.39, 0.29) is 37.7 Å².